The highest BCUT2D eigenvalue weighted by Crippen LogP contribution is 2.21. The highest BCUT2D eigenvalue weighted by Gasteiger charge is 1.99. The number of anilines is 2. The van der Waals surface area contributed by atoms with E-state index in [1.807, 2.05) is 38.4 Å². The minimum atomic E-state index is 0.752. The van der Waals surface area contributed by atoms with Crippen molar-refractivity contribution in [2.75, 3.05) is 24.3 Å². The molecule has 0 heterocycles. The maximum atomic E-state index is 6.09. The van der Waals surface area contributed by atoms with Gasteiger partial charge in [0.15, 0.2) is 0 Å². The number of nitrogens with one attached hydrogen (secondary N) is 1. The summed E-state index contributed by atoms with van der Waals surface area (Å²) in [6, 6.07) is 16.3. The van der Waals surface area contributed by atoms with Crippen LogP contribution in [0.15, 0.2) is 48.5 Å². The minimum absolute atomic E-state index is 0.752. The van der Waals surface area contributed by atoms with Crippen LogP contribution in [0.25, 0.3) is 0 Å². The predicted octanol–water partition coefficient (Wildman–Crippen LogP) is 4.02. The summed E-state index contributed by atoms with van der Waals surface area (Å²) in [6.07, 6.45) is 0. The van der Waals surface area contributed by atoms with Gasteiger partial charge in [-0.05, 0) is 29.8 Å². The van der Waals surface area contributed by atoms with Crippen LogP contribution in [-0.2, 0) is 6.54 Å². The molecule has 0 saturated carbocycles. The van der Waals surface area contributed by atoms with Crippen molar-refractivity contribution in [2.24, 2.45) is 0 Å². The number of hydrogen-bond acceptors (Lipinski definition) is 2. The van der Waals surface area contributed by atoms with Crippen LogP contribution in [0.5, 0.6) is 0 Å². The fourth-order valence-electron chi connectivity index (χ4n) is 1.71. The Hall–Kier alpha value is -1.67. The molecule has 2 aromatic rings. The highest BCUT2D eigenvalue weighted by atomic mass is 35.5. The first-order valence-corrected chi connectivity index (χ1v) is 6.29. The van der Waals surface area contributed by atoms with E-state index in [-0.39, 0.29) is 0 Å². The summed E-state index contributed by atoms with van der Waals surface area (Å²) in [6.45, 7) is 0.775. The molecule has 3 heteroatoms. The number of benzene rings is 2. The summed E-state index contributed by atoms with van der Waals surface area (Å²) in [5.74, 6) is 0. The first-order chi connectivity index (χ1) is 8.66. The normalized spacial score (nSPS) is 10.2. The maximum absolute atomic E-state index is 6.09. The van der Waals surface area contributed by atoms with Gasteiger partial charge in [-0.25, -0.2) is 0 Å². The van der Waals surface area contributed by atoms with E-state index in [2.05, 4.69) is 34.5 Å². The van der Waals surface area contributed by atoms with E-state index in [9.17, 15) is 0 Å². The molecule has 94 valence electrons. The fourth-order valence-corrected chi connectivity index (χ4v) is 1.92. The summed E-state index contributed by atoms with van der Waals surface area (Å²) < 4.78 is 0. The van der Waals surface area contributed by atoms with Crippen molar-refractivity contribution in [2.45, 2.75) is 6.54 Å². The molecule has 0 spiro atoms. The Balaban J connectivity index is 2.00. The number of halogens is 1. The van der Waals surface area contributed by atoms with E-state index in [1.54, 1.807) is 0 Å². The fraction of sp³-hybridized carbons (Fsp3) is 0.200. The van der Waals surface area contributed by atoms with Crippen LogP contribution in [0, 0.1) is 0 Å². The van der Waals surface area contributed by atoms with Crippen molar-refractivity contribution in [1.82, 2.24) is 0 Å². The van der Waals surface area contributed by atoms with Gasteiger partial charge in [0.05, 0.1) is 10.7 Å². The summed E-state index contributed by atoms with van der Waals surface area (Å²) in [4.78, 5) is 2.09. The van der Waals surface area contributed by atoms with E-state index in [1.165, 1.54) is 11.3 Å². The van der Waals surface area contributed by atoms with Gasteiger partial charge in [-0.3, -0.25) is 0 Å². The van der Waals surface area contributed by atoms with Crippen molar-refractivity contribution in [3.63, 3.8) is 0 Å². The molecule has 0 amide bonds. The summed E-state index contributed by atoms with van der Waals surface area (Å²) >= 11 is 6.09. The van der Waals surface area contributed by atoms with E-state index in [4.69, 9.17) is 11.6 Å². The molecule has 0 radical (unpaired) electrons. The number of para-hydroxylation sites is 1. The molecule has 0 saturated heterocycles. The van der Waals surface area contributed by atoms with E-state index in [0.29, 0.717) is 0 Å². The molecule has 0 atom stereocenters. The second kappa shape index (κ2) is 5.78. The first-order valence-electron chi connectivity index (χ1n) is 5.91. The molecule has 0 aliphatic rings. The molecule has 1 N–H and O–H groups in total. The smallest absolute Gasteiger partial charge is 0.0637 e. The van der Waals surface area contributed by atoms with Crippen molar-refractivity contribution >= 4 is 23.0 Å². The molecule has 0 fully saturated rings. The van der Waals surface area contributed by atoms with E-state index >= 15 is 0 Å². The van der Waals surface area contributed by atoms with Crippen LogP contribution in [0.1, 0.15) is 5.56 Å². The van der Waals surface area contributed by atoms with E-state index in [0.717, 1.165) is 17.3 Å². The summed E-state index contributed by atoms with van der Waals surface area (Å²) in [7, 11) is 4.08. The number of hydrogen-bond donors (Lipinski definition) is 1. The largest absolute Gasteiger partial charge is 0.380 e. The zero-order valence-electron chi connectivity index (χ0n) is 10.7. The Morgan fingerprint density at radius 1 is 1.00 bits per heavy atom. The third-order valence-corrected chi connectivity index (χ3v) is 3.14. The molecule has 2 nitrogen and oxygen atoms in total. The topological polar surface area (TPSA) is 15.3 Å². The molecule has 0 aromatic heterocycles. The van der Waals surface area contributed by atoms with Crippen molar-refractivity contribution in [3.05, 3.63) is 59.1 Å². The van der Waals surface area contributed by atoms with E-state index < -0.39 is 0 Å². The predicted molar refractivity (Wildman–Crippen MR) is 79.5 cm³/mol. The quantitative estimate of drug-likeness (QED) is 0.893. The first kappa shape index (κ1) is 12.8. The monoisotopic (exact) mass is 260 g/mol. The maximum Gasteiger partial charge on any atom is 0.0637 e. The van der Waals surface area contributed by atoms with Gasteiger partial charge in [-0.2, -0.15) is 0 Å². The molecule has 18 heavy (non-hydrogen) atoms. The van der Waals surface area contributed by atoms with Crippen molar-refractivity contribution in [3.8, 4) is 0 Å². The van der Waals surface area contributed by atoms with Crippen LogP contribution in [0.3, 0.4) is 0 Å². The van der Waals surface area contributed by atoms with Crippen LogP contribution >= 0.6 is 11.6 Å². The average molecular weight is 261 g/mol. The van der Waals surface area contributed by atoms with Gasteiger partial charge < -0.3 is 10.2 Å². The molecular formula is C15H17ClN2. The second-order valence-corrected chi connectivity index (χ2v) is 4.80. The van der Waals surface area contributed by atoms with Gasteiger partial charge in [-0.1, -0.05) is 35.9 Å². The van der Waals surface area contributed by atoms with Crippen molar-refractivity contribution in [1.29, 1.82) is 0 Å². The lowest BCUT2D eigenvalue weighted by Crippen LogP contribution is -2.08. The number of nitrogens with zero attached hydrogens (tertiary/aromatic N) is 1. The summed E-state index contributed by atoms with van der Waals surface area (Å²) in [5, 5.41) is 4.08. The van der Waals surface area contributed by atoms with Gasteiger partial charge in [0, 0.05) is 26.3 Å². The Bertz CT molecular complexity index is 506. The van der Waals surface area contributed by atoms with Crippen LogP contribution in [0.2, 0.25) is 5.02 Å². The van der Waals surface area contributed by atoms with Gasteiger partial charge in [0.25, 0.3) is 0 Å². The third kappa shape index (κ3) is 3.17. The van der Waals surface area contributed by atoms with Crippen LogP contribution < -0.4 is 10.2 Å². The van der Waals surface area contributed by atoms with Gasteiger partial charge >= 0.3 is 0 Å². The molecular weight excluding hydrogens is 244 g/mol. The second-order valence-electron chi connectivity index (χ2n) is 4.39. The van der Waals surface area contributed by atoms with Crippen LogP contribution in [-0.4, -0.2) is 14.1 Å². The Morgan fingerprint density at radius 3 is 2.28 bits per heavy atom. The van der Waals surface area contributed by atoms with Crippen molar-refractivity contribution < 1.29 is 0 Å². The molecule has 2 aromatic carbocycles. The molecule has 2 rings (SSSR count). The zero-order valence-corrected chi connectivity index (χ0v) is 11.4. The van der Waals surface area contributed by atoms with Gasteiger partial charge in [-0.15, -0.1) is 0 Å². The molecule has 0 bridgehead atoms. The zero-order chi connectivity index (χ0) is 13.0. The minimum Gasteiger partial charge on any atom is -0.380 e. The number of rotatable bonds is 4. The summed E-state index contributed by atoms with van der Waals surface area (Å²) in [5.41, 5.74) is 3.41. The molecule has 0 aliphatic heterocycles. The highest BCUT2D eigenvalue weighted by molar-refractivity contribution is 6.33. The lowest BCUT2D eigenvalue weighted by molar-refractivity contribution is 1.11. The molecule has 0 aliphatic carbocycles. The average Bonchev–Trinajstić information content (AvgIpc) is 2.38. The lowest BCUT2D eigenvalue weighted by atomic mass is 10.2. The standard InChI is InChI=1S/C15H17ClN2/c1-18(2)13-9-7-12(8-10-13)11-17-15-6-4-3-5-14(15)16/h3-10,17H,11H2,1-2H3. The van der Waals surface area contributed by atoms with Gasteiger partial charge in [0.1, 0.15) is 0 Å². The Morgan fingerprint density at radius 2 is 1.67 bits per heavy atom. The Kier molecular flexibility index (Phi) is 4.11. The van der Waals surface area contributed by atoms with Gasteiger partial charge in [0.2, 0.25) is 0 Å². The third-order valence-electron chi connectivity index (χ3n) is 2.81. The Labute approximate surface area is 113 Å². The SMILES string of the molecule is CN(C)c1ccc(CNc2ccccc2Cl)cc1. The van der Waals surface area contributed by atoms with Crippen LogP contribution in [0.4, 0.5) is 11.4 Å². The molecule has 0 unspecified atom stereocenters. The lowest BCUT2D eigenvalue weighted by Gasteiger charge is -2.13.